The fraction of sp³-hybridized carbons (Fsp3) is 1.00. The Hall–Kier alpha value is 0.628. The Morgan fingerprint density at radius 2 is 0.548 bits per heavy atom. The van der Waals surface area contributed by atoms with Crippen LogP contribution in [0.3, 0.4) is 0 Å². The third kappa shape index (κ3) is 18.7. The fourth-order valence-electron chi connectivity index (χ4n) is 3.70. The summed E-state index contributed by atoms with van der Waals surface area (Å²) in [6.45, 7) is 0. The fourth-order valence-corrected chi connectivity index (χ4v) is 10.0. The third-order valence-electron chi connectivity index (χ3n) is 5.60. The highest BCUT2D eigenvalue weighted by Crippen LogP contribution is 2.20. The van der Waals surface area contributed by atoms with E-state index in [0.29, 0.717) is 0 Å². The van der Waals surface area contributed by atoms with Gasteiger partial charge in [-0.25, -0.2) is 0 Å². The minimum atomic E-state index is -1.01. The summed E-state index contributed by atoms with van der Waals surface area (Å²) in [6.07, 6.45) is 11.8. The number of unbranched alkanes of at least 4 members (excludes halogenated alkanes) is 6. The van der Waals surface area contributed by atoms with Crippen LogP contribution in [-0.4, -0.2) is 79.3 Å². The summed E-state index contributed by atoms with van der Waals surface area (Å²) in [4.78, 5) is 0. The first-order valence-electron chi connectivity index (χ1n) is 11.8. The normalized spacial score (nSPS) is 12.2. The van der Waals surface area contributed by atoms with E-state index >= 15 is 0 Å². The summed E-state index contributed by atoms with van der Waals surface area (Å²) in [7, 11) is 7.33. The van der Waals surface area contributed by atoms with Gasteiger partial charge in [0.05, 0.1) is 0 Å². The lowest BCUT2D eigenvalue weighted by molar-refractivity contribution is 0.276. The second-order valence-electron chi connectivity index (χ2n) is 7.77. The molecule has 0 rings (SSSR count). The van der Waals surface area contributed by atoms with E-state index in [1.165, 1.54) is 75.9 Å². The molecule has 0 bridgehead atoms. The molecule has 184 valence electrons. The molecule has 6 nitrogen and oxygen atoms in total. The highest BCUT2D eigenvalue weighted by molar-refractivity contribution is 6.58. The van der Waals surface area contributed by atoms with Crippen LogP contribution < -0.4 is 0 Å². The van der Waals surface area contributed by atoms with Crippen molar-refractivity contribution in [3.8, 4) is 0 Å². The van der Waals surface area contributed by atoms with E-state index in [-0.39, 0.29) is 8.80 Å². The maximum absolute atomic E-state index is 5.40. The molecule has 0 saturated carbocycles. The van der Waals surface area contributed by atoms with Crippen molar-refractivity contribution in [3.63, 3.8) is 0 Å². The Bertz CT molecular complexity index is 306. The molecule has 0 aromatic carbocycles. The summed E-state index contributed by atoms with van der Waals surface area (Å²) in [5.74, 6) is 0. The number of hydrogen-bond acceptors (Lipinski definition) is 6. The van der Waals surface area contributed by atoms with Gasteiger partial charge >= 0.3 is 27.9 Å². The van der Waals surface area contributed by atoms with Crippen molar-refractivity contribution in [3.05, 3.63) is 0 Å². The minimum absolute atomic E-state index is 0.241. The zero-order valence-electron chi connectivity index (χ0n) is 21.1. The summed E-state index contributed by atoms with van der Waals surface area (Å²) in [5.41, 5.74) is 0. The predicted octanol–water partition coefficient (Wildman–Crippen LogP) is 5.34. The van der Waals surface area contributed by atoms with E-state index in [2.05, 4.69) is 0 Å². The highest BCUT2D eigenvalue weighted by atomic mass is 28.3. The molecule has 0 unspecified atom stereocenters. The summed E-state index contributed by atoms with van der Waals surface area (Å²) in [5, 5.41) is 0. The van der Waals surface area contributed by atoms with Gasteiger partial charge in [-0.15, -0.1) is 0 Å². The lowest BCUT2D eigenvalue weighted by atomic mass is 10.3. The van der Waals surface area contributed by atoms with Crippen LogP contribution in [0.25, 0.3) is 0 Å². The average molecular weight is 509 g/mol. The van der Waals surface area contributed by atoms with Crippen molar-refractivity contribution < 1.29 is 26.6 Å². The molecule has 0 amide bonds. The molecule has 0 aromatic heterocycles. The van der Waals surface area contributed by atoms with Gasteiger partial charge in [0.2, 0.25) is 0 Å². The first-order valence-corrected chi connectivity index (χ1v) is 18.5. The molecule has 0 saturated heterocycles. The van der Waals surface area contributed by atoms with Gasteiger partial charge in [-0.3, -0.25) is 0 Å². The molecule has 0 N–H and O–H groups in total. The van der Waals surface area contributed by atoms with Crippen LogP contribution in [0.15, 0.2) is 0 Å². The van der Waals surface area contributed by atoms with Gasteiger partial charge < -0.3 is 26.6 Å². The number of rotatable bonds is 24. The van der Waals surface area contributed by atoms with Crippen LogP contribution >= 0.6 is 0 Å². The highest BCUT2D eigenvalue weighted by Gasteiger charge is 2.15. The maximum atomic E-state index is 5.40. The summed E-state index contributed by atoms with van der Waals surface area (Å²) < 4.78 is 32.4. The van der Waals surface area contributed by atoms with E-state index < -0.39 is 27.9 Å². The smallest absolute Gasteiger partial charge is 0.384 e. The quantitative estimate of drug-likeness (QED) is 0.130. The van der Waals surface area contributed by atoms with Crippen molar-refractivity contribution in [1.82, 2.24) is 0 Å². The Morgan fingerprint density at radius 3 is 0.774 bits per heavy atom. The molecule has 0 heterocycles. The van der Waals surface area contributed by atoms with Crippen LogP contribution in [-0.2, 0) is 26.6 Å². The van der Waals surface area contributed by atoms with E-state index in [1.807, 2.05) is 0 Å². The second kappa shape index (κ2) is 23.8. The molecule has 0 atom stereocenters. The SMILES string of the molecule is CO[Si](CCCCC[Si](CCCCC[Si](OC)OC)CCCCC[Si](OC)OC)OC. The van der Waals surface area contributed by atoms with Gasteiger partial charge in [0, 0.05) is 51.5 Å². The van der Waals surface area contributed by atoms with Crippen molar-refractivity contribution in [2.45, 2.75) is 94.1 Å². The summed E-state index contributed by atoms with van der Waals surface area (Å²) in [6, 6.07) is 7.69. The first kappa shape index (κ1) is 31.6. The van der Waals surface area contributed by atoms with Crippen LogP contribution in [0.4, 0.5) is 0 Å². The largest absolute Gasteiger partial charge is 0.397 e. The molecule has 0 spiro atoms. The van der Waals surface area contributed by atoms with Crippen LogP contribution in [0.1, 0.15) is 57.8 Å². The molecule has 0 aliphatic carbocycles. The van der Waals surface area contributed by atoms with Gasteiger partial charge in [-0.2, -0.15) is 0 Å². The van der Waals surface area contributed by atoms with E-state index in [4.69, 9.17) is 26.6 Å². The molecule has 0 fully saturated rings. The maximum Gasteiger partial charge on any atom is 0.384 e. The lowest BCUT2D eigenvalue weighted by Gasteiger charge is -2.16. The van der Waals surface area contributed by atoms with Gasteiger partial charge in [-0.1, -0.05) is 75.9 Å². The molecule has 0 aromatic rings. The third-order valence-corrected chi connectivity index (χ3v) is 13.8. The van der Waals surface area contributed by atoms with Crippen LogP contribution in [0, 0.1) is 0 Å². The van der Waals surface area contributed by atoms with Crippen molar-refractivity contribution in [2.75, 3.05) is 42.7 Å². The van der Waals surface area contributed by atoms with Gasteiger partial charge in [0.1, 0.15) is 0 Å². The van der Waals surface area contributed by atoms with Gasteiger partial charge in [-0.05, 0) is 18.1 Å². The van der Waals surface area contributed by atoms with Crippen LogP contribution in [0.2, 0.25) is 36.3 Å². The van der Waals surface area contributed by atoms with Crippen LogP contribution in [0.5, 0.6) is 0 Å². The molecule has 4 radical (unpaired) electrons. The second-order valence-corrected chi connectivity index (χ2v) is 17.0. The van der Waals surface area contributed by atoms with E-state index in [1.54, 1.807) is 42.7 Å². The Balaban J connectivity index is 4.13. The molecular weight excluding hydrogens is 461 g/mol. The standard InChI is InChI=1S/C21H48O6Si4/c1-22-29(23-2)19-13-7-10-16-28(17-11-8-14-20-30(24-3)25-4)18-12-9-15-21-31(26-5)27-6/h7-21H2,1-6H3. The lowest BCUT2D eigenvalue weighted by Crippen LogP contribution is -2.19. The van der Waals surface area contributed by atoms with Crippen molar-refractivity contribution >= 4 is 36.6 Å². The number of hydrogen-bond donors (Lipinski definition) is 0. The Morgan fingerprint density at radius 1 is 0.323 bits per heavy atom. The molecule has 0 aliphatic rings. The molecule has 0 aliphatic heterocycles. The van der Waals surface area contributed by atoms with Gasteiger partial charge in [0.25, 0.3) is 0 Å². The zero-order valence-corrected chi connectivity index (χ0v) is 25.1. The van der Waals surface area contributed by atoms with Crippen molar-refractivity contribution in [2.24, 2.45) is 0 Å². The van der Waals surface area contributed by atoms with Crippen molar-refractivity contribution in [1.29, 1.82) is 0 Å². The minimum Gasteiger partial charge on any atom is -0.397 e. The molecule has 10 heteroatoms. The molecule has 31 heavy (non-hydrogen) atoms. The molecular formula is C21H48O6Si4. The Labute approximate surface area is 199 Å². The first-order chi connectivity index (χ1) is 15.1. The van der Waals surface area contributed by atoms with E-state index in [9.17, 15) is 0 Å². The monoisotopic (exact) mass is 508 g/mol. The van der Waals surface area contributed by atoms with E-state index in [0.717, 1.165) is 18.1 Å². The summed E-state index contributed by atoms with van der Waals surface area (Å²) >= 11 is 0. The topological polar surface area (TPSA) is 55.4 Å². The predicted molar refractivity (Wildman–Crippen MR) is 135 cm³/mol. The van der Waals surface area contributed by atoms with Gasteiger partial charge in [0.15, 0.2) is 0 Å². The Kier molecular flexibility index (Phi) is 24.3. The zero-order chi connectivity index (χ0) is 23.2. The average Bonchev–Trinajstić information content (AvgIpc) is 2.80.